The lowest BCUT2D eigenvalue weighted by Gasteiger charge is -2.11. The number of ether oxygens (including phenoxy) is 1. The number of amides is 1. The molecule has 130 valence electrons. The number of anilines is 1. The number of aromatic nitrogens is 1. The van der Waals surface area contributed by atoms with Crippen LogP contribution in [0.5, 0.6) is 5.75 Å². The van der Waals surface area contributed by atoms with Crippen molar-refractivity contribution >= 4 is 21.6 Å². The van der Waals surface area contributed by atoms with Gasteiger partial charge in [-0.1, -0.05) is 11.2 Å². The van der Waals surface area contributed by atoms with Gasteiger partial charge in [0, 0.05) is 0 Å². The van der Waals surface area contributed by atoms with Crippen LogP contribution in [-0.4, -0.2) is 33.1 Å². The molecule has 0 aliphatic carbocycles. The third kappa shape index (κ3) is 3.92. The highest BCUT2D eigenvalue weighted by Crippen LogP contribution is 2.25. The summed E-state index contributed by atoms with van der Waals surface area (Å²) in [7, 11) is -2.40. The summed E-state index contributed by atoms with van der Waals surface area (Å²) in [4.78, 5) is 12.0. The van der Waals surface area contributed by atoms with E-state index in [2.05, 4.69) is 15.2 Å². The summed E-state index contributed by atoms with van der Waals surface area (Å²) in [5, 5.41) is 6.22. The number of carbonyl (C=O) groups excluding carboxylic acids is 1. The highest BCUT2D eigenvalue weighted by molar-refractivity contribution is 7.89. The minimum Gasteiger partial charge on any atom is -0.495 e. The molecule has 2 N–H and O–H groups in total. The SMILES string of the molecule is COc1ccc(C)cc1NC(=O)CNS(=O)(=O)c1c(C)noc1C. The van der Waals surface area contributed by atoms with Crippen molar-refractivity contribution < 1.29 is 22.5 Å². The first-order valence-electron chi connectivity index (χ1n) is 7.11. The summed E-state index contributed by atoms with van der Waals surface area (Å²) in [6.07, 6.45) is 0. The zero-order valence-electron chi connectivity index (χ0n) is 13.8. The molecule has 0 aliphatic heterocycles. The van der Waals surface area contributed by atoms with E-state index in [4.69, 9.17) is 9.26 Å². The summed E-state index contributed by atoms with van der Waals surface area (Å²) in [6, 6.07) is 5.30. The fraction of sp³-hybridized carbons (Fsp3) is 0.333. The van der Waals surface area contributed by atoms with Gasteiger partial charge in [-0.2, -0.15) is 0 Å². The van der Waals surface area contributed by atoms with Crippen LogP contribution in [0.2, 0.25) is 0 Å². The molecule has 0 saturated heterocycles. The number of hydrogen-bond donors (Lipinski definition) is 2. The molecule has 0 spiro atoms. The first kappa shape index (κ1) is 18.0. The molecule has 0 radical (unpaired) electrons. The second kappa shape index (κ2) is 7.02. The van der Waals surface area contributed by atoms with E-state index in [1.165, 1.54) is 21.0 Å². The Labute approximate surface area is 140 Å². The van der Waals surface area contributed by atoms with E-state index < -0.39 is 22.5 Å². The van der Waals surface area contributed by atoms with Crippen LogP contribution < -0.4 is 14.8 Å². The number of carbonyl (C=O) groups is 1. The molecule has 0 atom stereocenters. The Kier molecular flexibility index (Phi) is 5.25. The first-order valence-corrected chi connectivity index (χ1v) is 8.60. The second-order valence-electron chi connectivity index (χ2n) is 5.23. The Morgan fingerprint density at radius 3 is 2.58 bits per heavy atom. The van der Waals surface area contributed by atoms with Crippen LogP contribution in [0.15, 0.2) is 27.6 Å². The van der Waals surface area contributed by atoms with E-state index in [-0.39, 0.29) is 16.3 Å². The first-order chi connectivity index (χ1) is 11.2. The van der Waals surface area contributed by atoms with E-state index in [0.717, 1.165) is 5.56 Å². The predicted octanol–water partition coefficient (Wildman–Crippen LogP) is 1.53. The van der Waals surface area contributed by atoms with Gasteiger partial charge in [0.2, 0.25) is 15.9 Å². The molecule has 1 heterocycles. The maximum atomic E-state index is 12.3. The Morgan fingerprint density at radius 2 is 2.00 bits per heavy atom. The number of nitrogens with zero attached hydrogens (tertiary/aromatic N) is 1. The number of rotatable bonds is 6. The maximum absolute atomic E-state index is 12.3. The minimum absolute atomic E-state index is 0.0524. The molecule has 0 bridgehead atoms. The van der Waals surface area contributed by atoms with Gasteiger partial charge in [0.25, 0.3) is 0 Å². The average Bonchev–Trinajstić information content (AvgIpc) is 2.85. The van der Waals surface area contributed by atoms with Gasteiger partial charge >= 0.3 is 0 Å². The lowest BCUT2D eigenvalue weighted by atomic mass is 10.2. The Morgan fingerprint density at radius 1 is 1.29 bits per heavy atom. The van der Waals surface area contributed by atoms with Crippen LogP contribution in [0.4, 0.5) is 5.69 Å². The molecule has 1 amide bonds. The summed E-state index contributed by atoms with van der Waals surface area (Å²) in [5.41, 5.74) is 1.64. The summed E-state index contributed by atoms with van der Waals surface area (Å²) >= 11 is 0. The van der Waals surface area contributed by atoms with Gasteiger partial charge < -0.3 is 14.6 Å². The van der Waals surface area contributed by atoms with E-state index in [9.17, 15) is 13.2 Å². The molecule has 2 rings (SSSR count). The third-order valence-electron chi connectivity index (χ3n) is 3.29. The number of methoxy groups -OCH3 is 1. The molecule has 2 aromatic rings. The molecule has 1 aromatic carbocycles. The van der Waals surface area contributed by atoms with E-state index in [1.54, 1.807) is 12.1 Å². The van der Waals surface area contributed by atoms with Crippen molar-refractivity contribution in [2.24, 2.45) is 0 Å². The number of nitrogens with one attached hydrogen (secondary N) is 2. The average molecular weight is 353 g/mol. The summed E-state index contributed by atoms with van der Waals surface area (Å²) in [5.74, 6) is 0.137. The normalized spacial score (nSPS) is 11.3. The largest absolute Gasteiger partial charge is 0.495 e. The maximum Gasteiger partial charge on any atom is 0.246 e. The molecule has 1 aromatic heterocycles. The number of sulfonamides is 1. The molecule has 0 fully saturated rings. The summed E-state index contributed by atoms with van der Waals surface area (Å²) in [6.45, 7) is 4.45. The molecule has 9 heteroatoms. The van der Waals surface area contributed by atoms with Crippen LogP contribution in [0.3, 0.4) is 0 Å². The highest BCUT2D eigenvalue weighted by atomic mass is 32.2. The molecular formula is C15H19N3O5S. The summed E-state index contributed by atoms with van der Waals surface area (Å²) < 4.78 is 36.7. The third-order valence-corrected chi connectivity index (χ3v) is 4.93. The molecule has 0 saturated carbocycles. The standard InChI is InChI=1S/C15H19N3O5S/c1-9-5-6-13(22-4)12(7-9)17-14(19)8-16-24(20,21)15-10(2)18-23-11(15)3/h5-7,16H,8H2,1-4H3,(H,17,19). The highest BCUT2D eigenvalue weighted by Gasteiger charge is 2.24. The van der Waals surface area contributed by atoms with Crippen LogP contribution in [0, 0.1) is 20.8 Å². The van der Waals surface area contributed by atoms with Crippen molar-refractivity contribution in [3.8, 4) is 5.75 Å². The quantitative estimate of drug-likeness (QED) is 0.815. The lowest BCUT2D eigenvalue weighted by molar-refractivity contribution is -0.115. The fourth-order valence-corrected chi connectivity index (χ4v) is 3.51. The molecular weight excluding hydrogens is 334 g/mol. The molecule has 8 nitrogen and oxygen atoms in total. The van der Waals surface area contributed by atoms with Gasteiger partial charge in [-0.3, -0.25) is 4.79 Å². The second-order valence-corrected chi connectivity index (χ2v) is 6.93. The van der Waals surface area contributed by atoms with E-state index in [1.807, 2.05) is 13.0 Å². The van der Waals surface area contributed by atoms with Gasteiger partial charge in [-0.15, -0.1) is 0 Å². The fourth-order valence-electron chi connectivity index (χ4n) is 2.20. The van der Waals surface area contributed by atoms with Crippen molar-refractivity contribution in [2.45, 2.75) is 25.7 Å². The number of aryl methyl sites for hydroxylation is 3. The topological polar surface area (TPSA) is 111 Å². The van der Waals surface area contributed by atoms with Crippen LogP contribution >= 0.6 is 0 Å². The van der Waals surface area contributed by atoms with Gasteiger partial charge in [0.05, 0.1) is 19.3 Å². The number of hydrogen-bond acceptors (Lipinski definition) is 6. The Hall–Kier alpha value is -2.39. The minimum atomic E-state index is -3.89. The molecule has 0 unspecified atom stereocenters. The van der Waals surface area contributed by atoms with Gasteiger partial charge in [0.1, 0.15) is 16.3 Å². The van der Waals surface area contributed by atoms with Crippen LogP contribution in [0.1, 0.15) is 17.0 Å². The monoisotopic (exact) mass is 353 g/mol. The zero-order valence-corrected chi connectivity index (χ0v) is 14.7. The lowest BCUT2D eigenvalue weighted by Crippen LogP contribution is -2.33. The van der Waals surface area contributed by atoms with Gasteiger partial charge in [0.15, 0.2) is 5.76 Å². The zero-order chi connectivity index (χ0) is 17.9. The van der Waals surface area contributed by atoms with Crippen molar-refractivity contribution in [3.63, 3.8) is 0 Å². The Balaban J connectivity index is 2.08. The van der Waals surface area contributed by atoms with E-state index in [0.29, 0.717) is 11.4 Å². The van der Waals surface area contributed by atoms with Crippen molar-refractivity contribution in [1.82, 2.24) is 9.88 Å². The van der Waals surface area contributed by atoms with Gasteiger partial charge in [-0.05, 0) is 38.5 Å². The number of benzene rings is 1. The van der Waals surface area contributed by atoms with Crippen molar-refractivity contribution in [2.75, 3.05) is 19.0 Å². The van der Waals surface area contributed by atoms with Crippen molar-refractivity contribution in [3.05, 3.63) is 35.2 Å². The van der Waals surface area contributed by atoms with E-state index >= 15 is 0 Å². The van der Waals surface area contributed by atoms with Crippen LogP contribution in [-0.2, 0) is 14.8 Å². The van der Waals surface area contributed by atoms with Crippen molar-refractivity contribution in [1.29, 1.82) is 0 Å². The molecule has 24 heavy (non-hydrogen) atoms. The van der Waals surface area contributed by atoms with Gasteiger partial charge in [-0.25, -0.2) is 13.1 Å². The van der Waals surface area contributed by atoms with Crippen LogP contribution in [0.25, 0.3) is 0 Å². The smallest absolute Gasteiger partial charge is 0.246 e. The molecule has 0 aliphatic rings. The predicted molar refractivity (Wildman–Crippen MR) is 87.5 cm³/mol. The Bertz CT molecular complexity index is 838.